The lowest BCUT2D eigenvalue weighted by molar-refractivity contribution is 0.143. The fourth-order valence-electron chi connectivity index (χ4n) is 2.00. The van der Waals surface area contributed by atoms with Gasteiger partial charge in [0.1, 0.15) is 9.84 Å². The average molecular weight is 266 g/mol. The lowest BCUT2D eigenvalue weighted by Gasteiger charge is -2.43. The zero-order chi connectivity index (χ0) is 12.2. The van der Waals surface area contributed by atoms with Crippen molar-refractivity contribution in [1.82, 2.24) is 4.90 Å². The Hall–Kier alpha value is 0.220. The van der Waals surface area contributed by atoms with Crippen LogP contribution in [-0.2, 0) is 9.84 Å². The topological polar surface area (TPSA) is 63.4 Å². The van der Waals surface area contributed by atoms with Crippen LogP contribution in [0.3, 0.4) is 0 Å². The molecule has 1 unspecified atom stereocenters. The highest BCUT2D eigenvalue weighted by atomic mass is 32.2. The van der Waals surface area contributed by atoms with Crippen molar-refractivity contribution in [2.75, 3.05) is 43.7 Å². The third-order valence-electron chi connectivity index (χ3n) is 3.29. The first-order chi connectivity index (χ1) is 7.40. The lowest BCUT2D eigenvalue weighted by atomic mass is 9.94. The maximum atomic E-state index is 11.1. The van der Waals surface area contributed by atoms with Gasteiger partial charge < -0.3 is 5.73 Å². The van der Waals surface area contributed by atoms with Gasteiger partial charge in [-0.05, 0) is 25.6 Å². The number of nitrogens with zero attached hydrogens (tertiary/aromatic N) is 1. The summed E-state index contributed by atoms with van der Waals surface area (Å²) >= 11 is 1.92. The molecule has 1 heterocycles. The second-order valence-corrected chi connectivity index (χ2v) is 8.00. The Balaban J connectivity index is 2.58. The van der Waals surface area contributed by atoms with Crippen molar-refractivity contribution in [1.29, 1.82) is 0 Å². The van der Waals surface area contributed by atoms with Crippen LogP contribution in [0, 0.1) is 0 Å². The van der Waals surface area contributed by atoms with E-state index in [1.807, 2.05) is 18.8 Å². The van der Waals surface area contributed by atoms with E-state index in [4.69, 9.17) is 5.73 Å². The summed E-state index contributed by atoms with van der Waals surface area (Å²) in [5.41, 5.74) is 5.88. The summed E-state index contributed by atoms with van der Waals surface area (Å²) in [4.78, 5) is 2.14. The molecule has 0 radical (unpaired) electrons. The molecule has 0 aromatic heterocycles. The first-order valence-electron chi connectivity index (χ1n) is 5.56. The van der Waals surface area contributed by atoms with Gasteiger partial charge in [0.15, 0.2) is 0 Å². The fourth-order valence-corrected chi connectivity index (χ4v) is 3.96. The van der Waals surface area contributed by atoms with Gasteiger partial charge in [0, 0.05) is 30.6 Å². The normalized spacial score (nSPS) is 27.2. The third kappa shape index (κ3) is 3.91. The van der Waals surface area contributed by atoms with Crippen LogP contribution < -0.4 is 5.73 Å². The van der Waals surface area contributed by atoms with Gasteiger partial charge in [0.25, 0.3) is 0 Å². The van der Waals surface area contributed by atoms with Crippen molar-refractivity contribution >= 4 is 21.6 Å². The first kappa shape index (κ1) is 14.3. The molecule has 1 rings (SSSR count). The van der Waals surface area contributed by atoms with Gasteiger partial charge in [0.05, 0.1) is 5.75 Å². The maximum absolute atomic E-state index is 11.1. The molecule has 96 valence electrons. The van der Waals surface area contributed by atoms with Crippen LogP contribution >= 0.6 is 11.8 Å². The van der Waals surface area contributed by atoms with Crippen LogP contribution in [-0.4, -0.2) is 62.5 Å². The molecule has 1 fully saturated rings. The molecule has 1 aliphatic rings. The number of thioether (sulfide) groups is 1. The molecule has 0 amide bonds. The largest absolute Gasteiger partial charge is 0.329 e. The summed E-state index contributed by atoms with van der Waals surface area (Å²) in [6.45, 7) is 1.19. The molecular formula is C10H22N2O2S2. The fraction of sp³-hybridized carbons (Fsp3) is 1.00. The minimum Gasteiger partial charge on any atom is -0.329 e. The molecule has 4 nitrogen and oxygen atoms in total. The molecule has 0 bridgehead atoms. The molecule has 0 aromatic carbocycles. The van der Waals surface area contributed by atoms with E-state index < -0.39 is 9.84 Å². The Morgan fingerprint density at radius 2 is 2.19 bits per heavy atom. The minimum absolute atomic E-state index is 0.00755. The molecule has 1 atom stereocenters. The first-order valence-corrected chi connectivity index (χ1v) is 8.78. The Bertz CT molecular complexity index is 311. The van der Waals surface area contributed by atoms with E-state index in [0.717, 1.165) is 12.2 Å². The van der Waals surface area contributed by atoms with Crippen LogP contribution in [0.4, 0.5) is 0 Å². The number of sulfone groups is 1. The highest BCUT2D eigenvalue weighted by molar-refractivity contribution is 7.99. The van der Waals surface area contributed by atoms with Crippen molar-refractivity contribution in [3.8, 4) is 0 Å². The van der Waals surface area contributed by atoms with Gasteiger partial charge in [0.2, 0.25) is 0 Å². The summed E-state index contributed by atoms with van der Waals surface area (Å²) < 4.78 is 22.3. The zero-order valence-electron chi connectivity index (χ0n) is 10.1. The summed E-state index contributed by atoms with van der Waals surface area (Å²) in [5, 5.41) is 0. The smallest absolute Gasteiger partial charge is 0.148 e. The van der Waals surface area contributed by atoms with Crippen molar-refractivity contribution in [2.45, 2.75) is 18.4 Å². The molecular weight excluding hydrogens is 244 g/mol. The van der Waals surface area contributed by atoms with Gasteiger partial charge in [-0.2, -0.15) is 11.8 Å². The van der Waals surface area contributed by atoms with Gasteiger partial charge in [-0.15, -0.1) is 0 Å². The van der Waals surface area contributed by atoms with E-state index in [2.05, 4.69) is 4.90 Å². The van der Waals surface area contributed by atoms with Crippen molar-refractivity contribution in [3.05, 3.63) is 0 Å². The second kappa shape index (κ2) is 5.71. The average Bonchev–Trinajstić information content (AvgIpc) is 2.25. The molecule has 16 heavy (non-hydrogen) atoms. The molecule has 0 aliphatic carbocycles. The third-order valence-corrected chi connectivity index (χ3v) is 5.53. The molecule has 1 saturated heterocycles. The van der Waals surface area contributed by atoms with E-state index in [9.17, 15) is 8.42 Å². The Labute approximate surface area is 103 Å². The summed E-state index contributed by atoms with van der Waals surface area (Å²) in [5.74, 6) is 2.43. The quantitative estimate of drug-likeness (QED) is 0.769. The number of hydrogen-bond acceptors (Lipinski definition) is 5. The van der Waals surface area contributed by atoms with Gasteiger partial charge in [-0.1, -0.05) is 0 Å². The molecule has 0 spiro atoms. The Morgan fingerprint density at radius 1 is 1.50 bits per heavy atom. The highest BCUT2D eigenvalue weighted by Crippen LogP contribution is 2.30. The molecule has 6 heteroatoms. The number of likely N-dealkylation sites (N-methyl/N-ethyl adjacent to an activating group) is 1. The van der Waals surface area contributed by atoms with Crippen molar-refractivity contribution < 1.29 is 8.42 Å². The van der Waals surface area contributed by atoms with Crippen molar-refractivity contribution in [2.24, 2.45) is 5.73 Å². The summed E-state index contributed by atoms with van der Waals surface area (Å²) in [6, 6.07) is 0. The minimum atomic E-state index is -2.88. The van der Waals surface area contributed by atoms with Gasteiger partial charge in [-0.25, -0.2) is 8.42 Å². The van der Waals surface area contributed by atoms with Crippen LogP contribution in [0.2, 0.25) is 0 Å². The number of rotatable bonds is 5. The van der Waals surface area contributed by atoms with E-state index >= 15 is 0 Å². The number of hydrogen-bond donors (Lipinski definition) is 1. The van der Waals surface area contributed by atoms with Crippen LogP contribution in [0.25, 0.3) is 0 Å². The molecule has 2 N–H and O–H groups in total. The summed E-state index contributed by atoms with van der Waals surface area (Å²) in [6.07, 6.45) is 3.54. The van der Waals surface area contributed by atoms with Crippen molar-refractivity contribution in [3.63, 3.8) is 0 Å². The zero-order valence-corrected chi connectivity index (χ0v) is 11.7. The van der Waals surface area contributed by atoms with Crippen LogP contribution in [0.1, 0.15) is 12.8 Å². The predicted octanol–water partition coefficient (Wildman–Crippen LogP) is 0.187. The van der Waals surface area contributed by atoms with E-state index in [1.165, 1.54) is 18.4 Å². The Morgan fingerprint density at radius 3 is 2.62 bits per heavy atom. The Kier molecular flexibility index (Phi) is 5.10. The molecule has 0 aromatic rings. The van der Waals surface area contributed by atoms with Crippen LogP contribution in [0.5, 0.6) is 0 Å². The monoisotopic (exact) mass is 266 g/mol. The second-order valence-electron chi connectivity index (χ2n) is 4.64. The highest BCUT2D eigenvalue weighted by Gasteiger charge is 2.35. The van der Waals surface area contributed by atoms with Gasteiger partial charge in [-0.3, -0.25) is 4.90 Å². The van der Waals surface area contributed by atoms with Crippen LogP contribution in [0.15, 0.2) is 0 Å². The maximum Gasteiger partial charge on any atom is 0.148 e. The van der Waals surface area contributed by atoms with E-state index in [0.29, 0.717) is 13.1 Å². The van der Waals surface area contributed by atoms with E-state index in [1.54, 1.807) is 0 Å². The molecule has 0 saturated carbocycles. The van der Waals surface area contributed by atoms with E-state index in [-0.39, 0.29) is 11.3 Å². The molecule has 1 aliphatic heterocycles. The summed E-state index contributed by atoms with van der Waals surface area (Å²) in [7, 11) is -0.892. The SMILES string of the molecule is CN(CCS(C)(=O)=O)C1(CN)CCCSC1. The standard InChI is InChI=1S/C10H22N2O2S2/c1-12(5-7-16(2,13)14)10(8-11)4-3-6-15-9-10/h3-9,11H2,1-2H3. The number of nitrogens with two attached hydrogens (primary N) is 1. The lowest BCUT2D eigenvalue weighted by Crippen LogP contribution is -2.56. The predicted molar refractivity (Wildman–Crippen MR) is 70.7 cm³/mol. The van der Waals surface area contributed by atoms with Gasteiger partial charge >= 0.3 is 0 Å².